The number of halogens is 2. The highest BCUT2D eigenvalue weighted by Crippen LogP contribution is 2.25. The molecule has 6 heteroatoms. The van der Waals surface area contributed by atoms with E-state index in [0.29, 0.717) is 10.8 Å². The van der Waals surface area contributed by atoms with Gasteiger partial charge in [0.1, 0.15) is 17.4 Å². The Kier molecular flexibility index (Phi) is 6.01. The number of nitrogens with zero attached hydrogens (tertiary/aromatic N) is 2. The molecule has 3 rings (SSSR count). The summed E-state index contributed by atoms with van der Waals surface area (Å²) < 4.78 is 5.19. The van der Waals surface area contributed by atoms with E-state index in [9.17, 15) is 0 Å². The summed E-state index contributed by atoms with van der Waals surface area (Å²) in [5.74, 6) is 2.24. The van der Waals surface area contributed by atoms with Crippen molar-refractivity contribution in [3.05, 3.63) is 65.4 Å². The summed E-state index contributed by atoms with van der Waals surface area (Å²) >= 11 is 6.01. The SMILES string of the molecule is COc1ccc(-c2cc(Nc3cccc(Cl)c3)nc(C)n2)cc1.Cl. The van der Waals surface area contributed by atoms with Crippen LogP contribution in [0.3, 0.4) is 0 Å². The Balaban J connectivity index is 0.00000208. The zero-order valence-electron chi connectivity index (χ0n) is 13.3. The number of aryl methyl sites for hydroxylation is 1. The molecule has 2 aromatic carbocycles. The number of nitrogens with one attached hydrogen (secondary N) is 1. The van der Waals surface area contributed by atoms with Crippen LogP contribution in [0.1, 0.15) is 5.82 Å². The predicted octanol–water partition coefficient (Wildman–Crippen LogP) is 5.28. The van der Waals surface area contributed by atoms with Gasteiger partial charge < -0.3 is 10.1 Å². The molecule has 0 aliphatic heterocycles. The summed E-state index contributed by atoms with van der Waals surface area (Å²) in [6.45, 7) is 1.87. The van der Waals surface area contributed by atoms with E-state index in [2.05, 4.69) is 15.3 Å². The van der Waals surface area contributed by atoms with Crippen molar-refractivity contribution in [1.29, 1.82) is 0 Å². The van der Waals surface area contributed by atoms with Crippen molar-refractivity contribution < 1.29 is 4.74 Å². The zero-order chi connectivity index (χ0) is 16.2. The number of benzene rings is 2. The highest BCUT2D eigenvalue weighted by molar-refractivity contribution is 6.30. The van der Waals surface area contributed by atoms with Gasteiger partial charge in [-0.1, -0.05) is 17.7 Å². The summed E-state index contributed by atoms with van der Waals surface area (Å²) in [4.78, 5) is 8.93. The maximum absolute atomic E-state index is 6.01. The Morgan fingerprint density at radius 1 is 1.00 bits per heavy atom. The summed E-state index contributed by atoms with van der Waals surface area (Å²) in [5.41, 5.74) is 2.74. The average Bonchev–Trinajstić information content (AvgIpc) is 2.54. The van der Waals surface area contributed by atoms with Gasteiger partial charge in [-0.25, -0.2) is 9.97 Å². The van der Waals surface area contributed by atoms with Crippen molar-refractivity contribution in [2.45, 2.75) is 6.92 Å². The van der Waals surface area contributed by atoms with Crippen LogP contribution in [0.2, 0.25) is 5.02 Å². The van der Waals surface area contributed by atoms with E-state index >= 15 is 0 Å². The van der Waals surface area contributed by atoms with Gasteiger partial charge in [0.2, 0.25) is 0 Å². The predicted molar refractivity (Wildman–Crippen MR) is 101 cm³/mol. The number of methoxy groups -OCH3 is 1. The number of aromatic nitrogens is 2. The van der Waals surface area contributed by atoms with E-state index in [1.165, 1.54) is 0 Å². The first kappa shape index (κ1) is 18.0. The normalized spacial score (nSPS) is 9.96. The Bertz CT molecular complexity index is 823. The summed E-state index contributed by atoms with van der Waals surface area (Å²) in [6.07, 6.45) is 0. The van der Waals surface area contributed by atoms with E-state index < -0.39 is 0 Å². The number of hydrogen-bond donors (Lipinski definition) is 1. The van der Waals surface area contributed by atoms with E-state index in [0.717, 1.165) is 28.5 Å². The van der Waals surface area contributed by atoms with Gasteiger partial charge in [0.15, 0.2) is 0 Å². The van der Waals surface area contributed by atoms with Crippen LogP contribution < -0.4 is 10.1 Å². The Morgan fingerprint density at radius 3 is 2.42 bits per heavy atom. The van der Waals surface area contributed by atoms with Crippen molar-refractivity contribution in [2.24, 2.45) is 0 Å². The number of rotatable bonds is 4. The summed E-state index contributed by atoms with van der Waals surface area (Å²) in [5, 5.41) is 3.94. The molecule has 124 valence electrons. The van der Waals surface area contributed by atoms with Gasteiger partial charge in [0.25, 0.3) is 0 Å². The third-order valence-electron chi connectivity index (χ3n) is 3.32. The van der Waals surface area contributed by atoms with Gasteiger partial charge in [0.05, 0.1) is 12.8 Å². The summed E-state index contributed by atoms with van der Waals surface area (Å²) in [7, 11) is 1.65. The largest absolute Gasteiger partial charge is 0.497 e. The molecule has 1 aromatic heterocycles. The van der Waals surface area contributed by atoms with Crippen LogP contribution in [-0.4, -0.2) is 17.1 Å². The topological polar surface area (TPSA) is 47.0 Å². The Labute approximate surface area is 152 Å². The van der Waals surface area contributed by atoms with E-state index in [-0.39, 0.29) is 12.4 Å². The van der Waals surface area contributed by atoms with E-state index in [4.69, 9.17) is 16.3 Å². The standard InChI is InChI=1S/C18H16ClN3O.ClH/c1-12-20-17(13-6-8-16(23-2)9-7-13)11-18(21-12)22-15-5-3-4-14(19)10-15;/h3-11H,1-2H3,(H,20,21,22);1H. The van der Waals surface area contributed by atoms with Gasteiger partial charge in [-0.2, -0.15) is 0 Å². The molecule has 1 N–H and O–H groups in total. The van der Waals surface area contributed by atoms with E-state index in [1.807, 2.05) is 61.5 Å². The van der Waals surface area contributed by atoms with Gasteiger partial charge in [-0.15, -0.1) is 12.4 Å². The molecule has 0 aliphatic carbocycles. The lowest BCUT2D eigenvalue weighted by atomic mass is 10.1. The average molecular weight is 362 g/mol. The molecule has 0 atom stereocenters. The third-order valence-corrected chi connectivity index (χ3v) is 3.56. The molecule has 0 saturated heterocycles. The first-order valence-corrected chi connectivity index (χ1v) is 7.54. The number of ether oxygens (including phenoxy) is 1. The Hall–Kier alpha value is -2.30. The number of hydrogen-bond acceptors (Lipinski definition) is 4. The molecule has 0 fully saturated rings. The van der Waals surface area contributed by atoms with E-state index in [1.54, 1.807) is 7.11 Å². The van der Waals surface area contributed by atoms with Crippen LogP contribution in [-0.2, 0) is 0 Å². The molecule has 0 spiro atoms. The number of anilines is 2. The summed E-state index contributed by atoms with van der Waals surface area (Å²) in [6, 6.07) is 17.2. The first-order chi connectivity index (χ1) is 11.1. The minimum atomic E-state index is 0. The highest BCUT2D eigenvalue weighted by Gasteiger charge is 2.06. The molecule has 0 amide bonds. The minimum Gasteiger partial charge on any atom is -0.497 e. The van der Waals surface area contributed by atoms with Crippen molar-refractivity contribution in [2.75, 3.05) is 12.4 Å². The fourth-order valence-corrected chi connectivity index (χ4v) is 2.45. The molecular formula is C18H17Cl2N3O. The molecule has 3 aromatic rings. The smallest absolute Gasteiger partial charge is 0.134 e. The second-order valence-electron chi connectivity index (χ2n) is 5.05. The van der Waals surface area contributed by atoms with Crippen molar-refractivity contribution in [3.8, 4) is 17.0 Å². The van der Waals surface area contributed by atoms with Gasteiger partial charge in [-0.05, 0) is 49.4 Å². The molecule has 24 heavy (non-hydrogen) atoms. The second kappa shape index (κ2) is 7.99. The van der Waals surface area contributed by atoms with Gasteiger partial charge in [0, 0.05) is 22.3 Å². The fraction of sp³-hybridized carbons (Fsp3) is 0.111. The molecule has 1 heterocycles. The zero-order valence-corrected chi connectivity index (χ0v) is 14.9. The van der Waals surface area contributed by atoms with Gasteiger partial charge >= 0.3 is 0 Å². The lowest BCUT2D eigenvalue weighted by Crippen LogP contribution is -1.99. The van der Waals surface area contributed by atoms with Crippen LogP contribution >= 0.6 is 24.0 Å². The molecule has 0 saturated carbocycles. The maximum atomic E-state index is 6.01. The monoisotopic (exact) mass is 361 g/mol. The molecule has 0 aliphatic rings. The van der Waals surface area contributed by atoms with Crippen LogP contribution in [0, 0.1) is 6.92 Å². The van der Waals surface area contributed by atoms with Gasteiger partial charge in [-0.3, -0.25) is 0 Å². The quantitative estimate of drug-likeness (QED) is 0.686. The van der Waals surface area contributed by atoms with Crippen molar-refractivity contribution >= 4 is 35.5 Å². The van der Waals surface area contributed by atoms with Crippen LogP contribution in [0.5, 0.6) is 5.75 Å². The molecule has 4 nitrogen and oxygen atoms in total. The highest BCUT2D eigenvalue weighted by atomic mass is 35.5. The molecule has 0 unspecified atom stereocenters. The van der Waals surface area contributed by atoms with Crippen LogP contribution in [0.4, 0.5) is 11.5 Å². The van der Waals surface area contributed by atoms with Crippen molar-refractivity contribution in [3.63, 3.8) is 0 Å². The Morgan fingerprint density at radius 2 is 1.75 bits per heavy atom. The lowest BCUT2D eigenvalue weighted by Gasteiger charge is -2.09. The molecule has 0 radical (unpaired) electrons. The maximum Gasteiger partial charge on any atom is 0.134 e. The lowest BCUT2D eigenvalue weighted by molar-refractivity contribution is 0.415. The van der Waals surface area contributed by atoms with Crippen molar-refractivity contribution in [1.82, 2.24) is 9.97 Å². The molecular weight excluding hydrogens is 345 g/mol. The molecule has 0 bridgehead atoms. The third kappa shape index (κ3) is 4.37. The second-order valence-corrected chi connectivity index (χ2v) is 5.49. The first-order valence-electron chi connectivity index (χ1n) is 7.17. The van der Waals surface area contributed by atoms with Crippen LogP contribution in [0.25, 0.3) is 11.3 Å². The fourth-order valence-electron chi connectivity index (χ4n) is 2.26. The van der Waals surface area contributed by atoms with Crippen LogP contribution in [0.15, 0.2) is 54.6 Å². The minimum absolute atomic E-state index is 0.